The van der Waals surface area contributed by atoms with Crippen molar-refractivity contribution in [2.45, 2.75) is 51.7 Å². The number of rotatable bonds is 4. The molecule has 3 rings (SSSR count). The SMILES string of the molecule is C[C@@H](O)[C@@H]1CCCN(c2cc(N3CCC[C@H]([C@@H](C)O)C3)ncn2)C1. The van der Waals surface area contributed by atoms with Crippen LogP contribution in [0.15, 0.2) is 12.4 Å². The quantitative estimate of drug-likeness (QED) is 0.873. The van der Waals surface area contributed by atoms with Crippen molar-refractivity contribution < 1.29 is 10.2 Å². The van der Waals surface area contributed by atoms with Gasteiger partial charge in [0.05, 0.1) is 12.2 Å². The van der Waals surface area contributed by atoms with Crippen LogP contribution >= 0.6 is 0 Å². The summed E-state index contributed by atoms with van der Waals surface area (Å²) < 4.78 is 0. The highest BCUT2D eigenvalue weighted by Crippen LogP contribution is 2.28. The third kappa shape index (κ3) is 3.98. The molecule has 1 aromatic rings. The first-order valence-corrected chi connectivity index (χ1v) is 9.22. The number of aliphatic hydroxyl groups excluding tert-OH is 2. The van der Waals surface area contributed by atoms with Crippen LogP contribution in [0.4, 0.5) is 11.6 Å². The van der Waals surface area contributed by atoms with Gasteiger partial charge in [0.2, 0.25) is 0 Å². The van der Waals surface area contributed by atoms with Crippen molar-refractivity contribution in [2.24, 2.45) is 11.8 Å². The van der Waals surface area contributed by atoms with E-state index < -0.39 is 0 Å². The van der Waals surface area contributed by atoms with Gasteiger partial charge in [0.1, 0.15) is 18.0 Å². The molecule has 1 aromatic heterocycles. The van der Waals surface area contributed by atoms with Crippen LogP contribution < -0.4 is 9.80 Å². The van der Waals surface area contributed by atoms with Crippen molar-refractivity contribution in [3.05, 3.63) is 12.4 Å². The molecule has 0 spiro atoms. The molecular formula is C18H30N4O2. The van der Waals surface area contributed by atoms with Gasteiger partial charge in [-0.05, 0) is 39.5 Å². The normalized spacial score (nSPS) is 27.8. The van der Waals surface area contributed by atoms with E-state index in [-0.39, 0.29) is 12.2 Å². The van der Waals surface area contributed by atoms with E-state index in [9.17, 15) is 10.2 Å². The Morgan fingerprint density at radius 1 is 0.917 bits per heavy atom. The molecule has 6 nitrogen and oxygen atoms in total. The van der Waals surface area contributed by atoms with Gasteiger partial charge >= 0.3 is 0 Å². The lowest BCUT2D eigenvalue weighted by Crippen LogP contribution is -2.41. The smallest absolute Gasteiger partial charge is 0.134 e. The van der Waals surface area contributed by atoms with E-state index in [1.165, 1.54) is 0 Å². The van der Waals surface area contributed by atoms with Gasteiger partial charge in [0, 0.05) is 44.1 Å². The maximum absolute atomic E-state index is 9.89. The fraction of sp³-hybridized carbons (Fsp3) is 0.778. The van der Waals surface area contributed by atoms with Gasteiger partial charge in [0.15, 0.2) is 0 Å². The molecule has 24 heavy (non-hydrogen) atoms. The molecule has 2 saturated heterocycles. The van der Waals surface area contributed by atoms with E-state index in [1.54, 1.807) is 6.33 Å². The van der Waals surface area contributed by atoms with Gasteiger partial charge in [0.25, 0.3) is 0 Å². The van der Waals surface area contributed by atoms with E-state index in [0.717, 1.165) is 63.5 Å². The molecule has 2 N–H and O–H groups in total. The molecule has 0 bridgehead atoms. The topological polar surface area (TPSA) is 72.7 Å². The molecular weight excluding hydrogens is 304 g/mol. The summed E-state index contributed by atoms with van der Waals surface area (Å²) in [5, 5.41) is 19.8. The maximum Gasteiger partial charge on any atom is 0.134 e. The molecule has 0 amide bonds. The van der Waals surface area contributed by atoms with Crippen LogP contribution in [0.1, 0.15) is 39.5 Å². The van der Waals surface area contributed by atoms with E-state index in [4.69, 9.17) is 0 Å². The average Bonchev–Trinajstić information content (AvgIpc) is 2.62. The van der Waals surface area contributed by atoms with Crippen LogP contribution in [-0.4, -0.2) is 58.6 Å². The molecule has 0 radical (unpaired) electrons. The van der Waals surface area contributed by atoms with Crippen LogP contribution in [0.5, 0.6) is 0 Å². The molecule has 6 heteroatoms. The Hall–Kier alpha value is -1.40. The third-order valence-corrected chi connectivity index (χ3v) is 5.57. The summed E-state index contributed by atoms with van der Waals surface area (Å²) >= 11 is 0. The minimum atomic E-state index is -0.275. The lowest BCUT2D eigenvalue weighted by molar-refractivity contribution is 0.115. The second-order valence-electron chi connectivity index (χ2n) is 7.41. The number of anilines is 2. The molecule has 4 atom stereocenters. The van der Waals surface area contributed by atoms with Gasteiger partial charge in [-0.15, -0.1) is 0 Å². The molecule has 0 aliphatic carbocycles. The maximum atomic E-state index is 9.89. The van der Waals surface area contributed by atoms with Crippen molar-refractivity contribution >= 4 is 11.6 Å². The van der Waals surface area contributed by atoms with Crippen molar-refractivity contribution in [2.75, 3.05) is 36.0 Å². The molecule has 2 aliphatic rings. The minimum absolute atomic E-state index is 0.275. The summed E-state index contributed by atoms with van der Waals surface area (Å²) in [5.41, 5.74) is 0. The zero-order valence-electron chi connectivity index (χ0n) is 14.8. The number of piperidine rings is 2. The lowest BCUT2D eigenvalue weighted by atomic mass is 9.93. The minimum Gasteiger partial charge on any atom is -0.393 e. The number of aliphatic hydroxyl groups is 2. The van der Waals surface area contributed by atoms with Crippen LogP contribution in [0.2, 0.25) is 0 Å². The number of nitrogens with zero attached hydrogens (tertiary/aromatic N) is 4. The van der Waals surface area contributed by atoms with Crippen LogP contribution in [0.3, 0.4) is 0 Å². The molecule has 0 aromatic carbocycles. The van der Waals surface area contributed by atoms with Crippen molar-refractivity contribution in [1.29, 1.82) is 0 Å². The third-order valence-electron chi connectivity index (χ3n) is 5.57. The highest BCUT2D eigenvalue weighted by Gasteiger charge is 2.27. The second kappa shape index (κ2) is 7.66. The van der Waals surface area contributed by atoms with E-state index >= 15 is 0 Å². The molecule has 3 heterocycles. The van der Waals surface area contributed by atoms with Crippen molar-refractivity contribution in [3.63, 3.8) is 0 Å². The Balaban J connectivity index is 1.72. The zero-order valence-corrected chi connectivity index (χ0v) is 14.8. The fourth-order valence-electron chi connectivity index (χ4n) is 3.91. The predicted molar refractivity (Wildman–Crippen MR) is 95.3 cm³/mol. The number of hydrogen-bond acceptors (Lipinski definition) is 6. The monoisotopic (exact) mass is 334 g/mol. The van der Waals surface area contributed by atoms with Crippen LogP contribution in [0, 0.1) is 11.8 Å². The Kier molecular flexibility index (Phi) is 5.56. The molecule has 2 fully saturated rings. The Morgan fingerprint density at radius 3 is 1.79 bits per heavy atom. The summed E-state index contributed by atoms with van der Waals surface area (Å²) in [6.07, 6.45) is 5.42. The van der Waals surface area contributed by atoms with Crippen molar-refractivity contribution in [1.82, 2.24) is 9.97 Å². The molecule has 2 aliphatic heterocycles. The van der Waals surface area contributed by atoms with Gasteiger partial charge in [-0.1, -0.05) is 0 Å². The van der Waals surface area contributed by atoms with E-state index in [1.807, 2.05) is 13.8 Å². The van der Waals surface area contributed by atoms with Gasteiger partial charge in [-0.3, -0.25) is 0 Å². The largest absolute Gasteiger partial charge is 0.393 e. The summed E-state index contributed by atoms with van der Waals surface area (Å²) in [7, 11) is 0. The van der Waals surface area contributed by atoms with Crippen LogP contribution in [0.25, 0.3) is 0 Å². The second-order valence-corrected chi connectivity index (χ2v) is 7.41. The molecule has 0 unspecified atom stereocenters. The summed E-state index contributed by atoms with van der Waals surface area (Å²) in [5.74, 6) is 2.52. The van der Waals surface area contributed by atoms with E-state index in [2.05, 4.69) is 25.8 Å². The van der Waals surface area contributed by atoms with Gasteiger partial charge < -0.3 is 20.0 Å². The highest BCUT2D eigenvalue weighted by molar-refractivity contribution is 5.50. The zero-order chi connectivity index (χ0) is 17.1. The Bertz CT molecular complexity index is 494. The highest BCUT2D eigenvalue weighted by atomic mass is 16.3. The van der Waals surface area contributed by atoms with E-state index in [0.29, 0.717) is 11.8 Å². The molecule has 0 saturated carbocycles. The first-order chi connectivity index (χ1) is 11.5. The van der Waals surface area contributed by atoms with Crippen LogP contribution in [-0.2, 0) is 0 Å². The standard InChI is InChI=1S/C18H30N4O2/c1-13(23)15-5-3-7-21(10-15)17-9-18(20-12-19-17)22-8-4-6-16(11-22)14(2)24/h9,12-16,23-24H,3-8,10-11H2,1-2H3/t13-,14-,15-,16+/m1/s1. The predicted octanol–water partition coefficient (Wildman–Crippen LogP) is 1.67. The lowest BCUT2D eigenvalue weighted by Gasteiger charge is -2.37. The summed E-state index contributed by atoms with van der Waals surface area (Å²) in [6.45, 7) is 7.42. The number of hydrogen-bond donors (Lipinski definition) is 2. The fourth-order valence-corrected chi connectivity index (χ4v) is 3.91. The summed E-state index contributed by atoms with van der Waals surface area (Å²) in [4.78, 5) is 13.5. The van der Waals surface area contributed by atoms with Crippen molar-refractivity contribution in [3.8, 4) is 0 Å². The Labute approximate surface area is 144 Å². The Morgan fingerprint density at radius 2 is 1.38 bits per heavy atom. The van der Waals surface area contributed by atoms with Gasteiger partial charge in [-0.25, -0.2) is 9.97 Å². The van der Waals surface area contributed by atoms with Gasteiger partial charge in [-0.2, -0.15) is 0 Å². The number of aromatic nitrogens is 2. The average molecular weight is 334 g/mol. The first-order valence-electron chi connectivity index (χ1n) is 9.22. The summed E-state index contributed by atoms with van der Waals surface area (Å²) in [6, 6.07) is 2.06. The molecule has 134 valence electrons. The first kappa shape index (κ1) is 17.4.